The summed E-state index contributed by atoms with van der Waals surface area (Å²) in [5, 5.41) is 10.7. The van der Waals surface area contributed by atoms with Crippen molar-refractivity contribution in [3.63, 3.8) is 0 Å². The number of nitrogens with zero attached hydrogens (tertiary/aromatic N) is 1. The summed E-state index contributed by atoms with van der Waals surface area (Å²) in [6.07, 6.45) is 0.630. The monoisotopic (exact) mass is 353 g/mol. The van der Waals surface area contributed by atoms with Crippen LogP contribution in [0.5, 0.6) is 0 Å². The lowest BCUT2D eigenvalue weighted by atomic mass is 10.2. The molecule has 0 radical (unpaired) electrons. The molecule has 16 heavy (non-hydrogen) atoms. The summed E-state index contributed by atoms with van der Waals surface area (Å²) in [7, 11) is 0. The van der Waals surface area contributed by atoms with Gasteiger partial charge in [-0.15, -0.1) is 11.3 Å². The molecule has 0 atom stereocenters. The predicted molar refractivity (Wildman–Crippen MR) is 74.9 cm³/mol. The molecule has 5 heteroatoms. The third kappa shape index (κ3) is 3.71. The molecule has 1 aromatic heterocycles. The Hall–Kier alpha value is -0.140. The first-order chi connectivity index (χ1) is 7.56. The zero-order valence-electron chi connectivity index (χ0n) is 9.44. The van der Waals surface area contributed by atoms with E-state index >= 15 is 0 Å². The predicted octanol–water partition coefficient (Wildman–Crippen LogP) is 2.59. The smallest absolute Gasteiger partial charge is 0.254 e. The van der Waals surface area contributed by atoms with Gasteiger partial charge in [-0.25, -0.2) is 0 Å². The van der Waals surface area contributed by atoms with Crippen molar-refractivity contribution in [3.05, 3.63) is 19.9 Å². The van der Waals surface area contributed by atoms with Crippen molar-refractivity contribution in [2.24, 2.45) is 0 Å². The molecule has 0 unspecified atom stereocenters. The van der Waals surface area contributed by atoms with Gasteiger partial charge in [0.15, 0.2) is 0 Å². The maximum atomic E-state index is 12.2. The number of carbonyl (C=O) groups is 1. The van der Waals surface area contributed by atoms with Gasteiger partial charge in [-0.05, 0) is 48.9 Å². The zero-order chi connectivity index (χ0) is 12.1. The number of thiophene rings is 1. The first kappa shape index (κ1) is 13.9. The van der Waals surface area contributed by atoms with Gasteiger partial charge in [0, 0.05) is 24.6 Å². The van der Waals surface area contributed by atoms with E-state index in [0.29, 0.717) is 13.0 Å². The van der Waals surface area contributed by atoms with Crippen molar-refractivity contribution in [1.82, 2.24) is 4.90 Å². The van der Waals surface area contributed by atoms with Gasteiger partial charge in [-0.1, -0.05) is 0 Å². The minimum Gasteiger partial charge on any atom is -0.396 e. The van der Waals surface area contributed by atoms with Crippen LogP contribution in [0.4, 0.5) is 0 Å². The lowest BCUT2D eigenvalue weighted by Gasteiger charge is -2.26. The van der Waals surface area contributed by atoms with Crippen LogP contribution < -0.4 is 0 Å². The average Bonchev–Trinajstić information content (AvgIpc) is 2.64. The van der Waals surface area contributed by atoms with E-state index in [1.807, 2.05) is 25.3 Å². The van der Waals surface area contributed by atoms with E-state index in [1.54, 1.807) is 16.2 Å². The molecule has 0 aliphatic rings. The molecule has 0 saturated carbocycles. The van der Waals surface area contributed by atoms with E-state index in [9.17, 15) is 4.79 Å². The van der Waals surface area contributed by atoms with Gasteiger partial charge >= 0.3 is 0 Å². The Morgan fingerprint density at radius 1 is 1.62 bits per heavy atom. The Kier molecular flexibility index (Phi) is 5.71. The SMILES string of the molecule is CC(C)N(CCCO)C(=O)c1csc(I)c1. The first-order valence-electron chi connectivity index (χ1n) is 5.22. The third-order valence-electron chi connectivity index (χ3n) is 2.26. The number of amides is 1. The van der Waals surface area contributed by atoms with Gasteiger partial charge in [0.05, 0.1) is 8.45 Å². The molecule has 1 amide bonds. The van der Waals surface area contributed by atoms with Gasteiger partial charge in [-0.2, -0.15) is 0 Å². The molecular formula is C11H16INO2S. The second kappa shape index (κ2) is 6.56. The van der Waals surface area contributed by atoms with Crippen LogP contribution in [-0.4, -0.2) is 35.1 Å². The highest BCUT2D eigenvalue weighted by Crippen LogP contribution is 2.19. The second-order valence-corrected chi connectivity index (χ2v) is 6.61. The van der Waals surface area contributed by atoms with Crippen LogP contribution in [0.3, 0.4) is 0 Å². The van der Waals surface area contributed by atoms with Crippen molar-refractivity contribution < 1.29 is 9.90 Å². The summed E-state index contributed by atoms with van der Waals surface area (Å²) in [6.45, 7) is 4.72. The van der Waals surface area contributed by atoms with E-state index in [0.717, 1.165) is 8.45 Å². The van der Waals surface area contributed by atoms with Crippen molar-refractivity contribution in [2.75, 3.05) is 13.2 Å². The fourth-order valence-electron chi connectivity index (χ4n) is 1.42. The molecule has 1 rings (SSSR count). The van der Waals surface area contributed by atoms with Crippen molar-refractivity contribution in [1.29, 1.82) is 0 Å². The Balaban J connectivity index is 2.74. The van der Waals surface area contributed by atoms with Gasteiger partial charge in [0.25, 0.3) is 5.91 Å². The number of carbonyl (C=O) groups excluding carboxylic acids is 1. The maximum Gasteiger partial charge on any atom is 0.254 e. The van der Waals surface area contributed by atoms with Crippen LogP contribution in [0, 0.1) is 2.88 Å². The Morgan fingerprint density at radius 3 is 2.75 bits per heavy atom. The molecule has 90 valence electrons. The number of aliphatic hydroxyl groups excluding tert-OH is 1. The summed E-state index contributed by atoms with van der Waals surface area (Å²) < 4.78 is 1.12. The normalized spacial score (nSPS) is 10.8. The fourth-order valence-corrected chi connectivity index (χ4v) is 2.74. The number of aliphatic hydroxyl groups is 1. The minimum absolute atomic E-state index is 0.0580. The molecule has 1 heterocycles. The molecule has 3 nitrogen and oxygen atoms in total. The summed E-state index contributed by atoms with van der Waals surface area (Å²) >= 11 is 3.79. The molecule has 1 N–H and O–H groups in total. The van der Waals surface area contributed by atoms with E-state index in [1.165, 1.54) is 0 Å². The maximum absolute atomic E-state index is 12.2. The molecular weight excluding hydrogens is 337 g/mol. The topological polar surface area (TPSA) is 40.5 Å². The number of hydrogen-bond donors (Lipinski definition) is 1. The Labute approximate surface area is 114 Å². The van der Waals surface area contributed by atoms with Crippen LogP contribution in [-0.2, 0) is 0 Å². The fraction of sp³-hybridized carbons (Fsp3) is 0.545. The second-order valence-electron chi connectivity index (χ2n) is 3.81. The lowest BCUT2D eigenvalue weighted by molar-refractivity contribution is 0.0693. The molecule has 0 aliphatic carbocycles. The largest absolute Gasteiger partial charge is 0.396 e. The molecule has 0 fully saturated rings. The van der Waals surface area contributed by atoms with Crippen LogP contribution >= 0.6 is 33.9 Å². The molecule has 0 aromatic carbocycles. The van der Waals surface area contributed by atoms with E-state index in [2.05, 4.69) is 22.6 Å². The number of rotatable bonds is 5. The Morgan fingerprint density at radius 2 is 2.31 bits per heavy atom. The zero-order valence-corrected chi connectivity index (χ0v) is 12.4. The number of halogens is 1. The summed E-state index contributed by atoms with van der Waals surface area (Å²) in [5.41, 5.74) is 0.751. The van der Waals surface area contributed by atoms with Gasteiger partial charge < -0.3 is 10.0 Å². The van der Waals surface area contributed by atoms with Crippen LogP contribution in [0.25, 0.3) is 0 Å². The summed E-state index contributed by atoms with van der Waals surface area (Å²) in [4.78, 5) is 14.0. The summed E-state index contributed by atoms with van der Waals surface area (Å²) in [5.74, 6) is 0.0580. The lowest BCUT2D eigenvalue weighted by Crippen LogP contribution is -2.37. The third-order valence-corrected chi connectivity index (χ3v) is 4.04. The van der Waals surface area contributed by atoms with Crippen molar-refractivity contribution in [3.8, 4) is 0 Å². The number of hydrogen-bond acceptors (Lipinski definition) is 3. The Bertz CT molecular complexity index is 352. The highest BCUT2D eigenvalue weighted by molar-refractivity contribution is 14.1. The highest BCUT2D eigenvalue weighted by atomic mass is 127. The van der Waals surface area contributed by atoms with E-state index in [4.69, 9.17) is 5.11 Å². The first-order valence-corrected chi connectivity index (χ1v) is 7.18. The minimum atomic E-state index is 0.0580. The van der Waals surface area contributed by atoms with Crippen LogP contribution in [0.1, 0.15) is 30.6 Å². The quantitative estimate of drug-likeness (QED) is 0.827. The van der Waals surface area contributed by atoms with Crippen molar-refractivity contribution in [2.45, 2.75) is 26.3 Å². The average molecular weight is 353 g/mol. The van der Waals surface area contributed by atoms with Crippen LogP contribution in [0.15, 0.2) is 11.4 Å². The molecule has 0 saturated heterocycles. The van der Waals surface area contributed by atoms with Gasteiger partial charge in [0.1, 0.15) is 0 Å². The highest BCUT2D eigenvalue weighted by Gasteiger charge is 2.19. The van der Waals surface area contributed by atoms with E-state index in [-0.39, 0.29) is 18.6 Å². The summed E-state index contributed by atoms with van der Waals surface area (Å²) in [6, 6.07) is 2.07. The molecule has 0 bridgehead atoms. The van der Waals surface area contributed by atoms with E-state index < -0.39 is 0 Å². The molecule has 0 spiro atoms. The standard InChI is InChI=1S/C11H16INO2S/c1-8(2)13(4-3-5-14)11(15)9-6-10(12)16-7-9/h6-8,14H,3-5H2,1-2H3. The molecule has 1 aromatic rings. The van der Waals surface area contributed by atoms with Crippen LogP contribution in [0.2, 0.25) is 0 Å². The van der Waals surface area contributed by atoms with Crippen molar-refractivity contribution >= 4 is 39.8 Å². The van der Waals surface area contributed by atoms with Gasteiger partial charge in [0.2, 0.25) is 0 Å². The van der Waals surface area contributed by atoms with Gasteiger partial charge in [-0.3, -0.25) is 4.79 Å². The molecule has 0 aliphatic heterocycles.